The van der Waals surface area contributed by atoms with Crippen LogP contribution >= 0.6 is 0 Å². The predicted molar refractivity (Wildman–Crippen MR) is 59.6 cm³/mol. The Balaban J connectivity index is 1.81. The minimum absolute atomic E-state index is 0.310. The van der Waals surface area contributed by atoms with Crippen molar-refractivity contribution in [1.82, 2.24) is 10.5 Å². The largest absolute Gasteiger partial charge is 0.387 e. The van der Waals surface area contributed by atoms with Crippen LogP contribution in [0.15, 0.2) is 41.1 Å². The Hall–Kier alpha value is -1.72. The molecule has 2 rings (SSSR count). The van der Waals surface area contributed by atoms with Crippen molar-refractivity contribution in [2.75, 3.05) is 6.54 Å². The van der Waals surface area contributed by atoms with Gasteiger partial charge in [-0.1, -0.05) is 17.3 Å². The average Bonchev–Trinajstić information content (AvgIpc) is 2.83. The SMILES string of the molecule is OC(CNCc1ccno1)c1ccc(F)cc1. The van der Waals surface area contributed by atoms with Crippen LogP contribution in [0, 0.1) is 5.82 Å². The van der Waals surface area contributed by atoms with E-state index >= 15 is 0 Å². The molecule has 1 aromatic heterocycles. The lowest BCUT2D eigenvalue weighted by atomic mass is 10.1. The van der Waals surface area contributed by atoms with Crippen LogP contribution in [-0.2, 0) is 6.54 Å². The Bertz CT molecular complexity index is 442. The second kappa shape index (κ2) is 5.56. The molecule has 1 unspecified atom stereocenters. The van der Waals surface area contributed by atoms with E-state index in [9.17, 15) is 9.50 Å². The summed E-state index contributed by atoms with van der Waals surface area (Å²) >= 11 is 0. The van der Waals surface area contributed by atoms with Crippen molar-refractivity contribution in [3.63, 3.8) is 0 Å². The maximum atomic E-state index is 12.7. The number of rotatable bonds is 5. The molecule has 0 aliphatic carbocycles. The van der Waals surface area contributed by atoms with E-state index in [2.05, 4.69) is 10.5 Å². The van der Waals surface area contributed by atoms with Crippen molar-refractivity contribution in [1.29, 1.82) is 0 Å². The van der Waals surface area contributed by atoms with Crippen LogP contribution in [-0.4, -0.2) is 16.8 Å². The molecule has 2 N–H and O–H groups in total. The first-order valence-corrected chi connectivity index (χ1v) is 5.29. The van der Waals surface area contributed by atoms with Gasteiger partial charge in [-0.2, -0.15) is 0 Å². The van der Waals surface area contributed by atoms with Crippen LogP contribution in [0.2, 0.25) is 0 Å². The third-order valence-electron chi connectivity index (χ3n) is 2.38. The monoisotopic (exact) mass is 236 g/mol. The highest BCUT2D eigenvalue weighted by Gasteiger charge is 2.07. The van der Waals surface area contributed by atoms with Crippen molar-refractivity contribution >= 4 is 0 Å². The molecule has 0 bridgehead atoms. The highest BCUT2D eigenvalue weighted by atomic mass is 19.1. The Labute approximate surface area is 98.1 Å². The first kappa shape index (κ1) is 11.8. The minimum atomic E-state index is -0.668. The van der Waals surface area contributed by atoms with Gasteiger partial charge in [-0.25, -0.2) is 4.39 Å². The number of nitrogens with zero attached hydrogens (tertiary/aromatic N) is 1. The number of aromatic nitrogens is 1. The maximum absolute atomic E-state index is 12.7. The summed E-state index contributed by atoms with van der Waals surface area (Å²) in [7, 11) is 0. The van der Waals surface area contributed by atoms with Gasteiger partial charge in [0, 0.05) is 12.6 Å². The van der Waals surface area contributed by atoms with E-state index in [4.69, 9.17) is 4.52 Å². The summed E-state index contributed by atoms with van der Waals surface area (Å²) in [6.45, 7) is 0.866. The molecule has 17 heavy (non-hydrogen) atoms. The van der Waals surface area contributed by atoms with Crippen molar-refractivity contribution in [3.8, 4) is 0 Å². The van der Waals surface area contributed by atoms with Crippen LogP contribution in [0.25, 0.3) is 0 Å². The molecule has 0 saturated carbocycles. The molecule has 5 heteroatoms. The molecule has 0 fully saturated rings. The Kier molecular flexibility index (Phi) is 3.85. The predicted octanol–water partition coefficient (Wildman–Crippen LogP) is 1.64. The normalized spacial score (nSPS) is 12.6. The molecular formula is C12H13FN2O2. The molecule has 0 amide bonds. The quantitative estimate of drug-likeness (QED) is 0.828. The summed E-state index contributed by atoms with van der Waals surface area (Å²) in [5, 5.41) is 16.4. The molecule has 0 spiro atoms. The van der Waals surface area contributed by atoms with E-state index in [1.165, 1.54) is 12.1 Å². The number of hydrogen-bond donors (Lipinski definition) is 2. The lowest BCUT2D eigenvalue weighted by Crippen LogP contribution is -2.20. The van der Waals surface area contributed by atoms with Gasteiger partial charge in [-0.05, 0) is 17.7 Å². The minimum Gasteiger partial charge on any atom is -0.387 e. The van der Waals surface area contributed by atoms with Crippen molar-refractivity contribution in [2.24, 2.45) is 0 Å². The molecule has 0 radical (unpaired) electrons. The Morgan fingerprint density at radius 2 is 2.06 bits per heavy atom. The third kappa shape index (κ3) is 3.37. The molecule has 90 valence electrons. The molecule has 0 saturated heterocycles. The van der Waals surface area contributed by atoms with Gasteiger partial charge in [0.05, 0.1) is 18.8 Å². The summed E-state index contributed by atoms with van der Waals surface area (Å²) in [4.78, 5) is 0. The fraction of sp³-hybridized carbons (Fsp3) is 0.250. The summed E-state index contributed by atoms with van der Waals surface area (Å²) in [6.07, 6.45) is 0.895. The molecule has 1 heterocycles. The average molecular weight is 236 g/mol. The van der Waals surface area contributed by atoms with Gasteiger partial charge in [0.15, 0.2) is 0 Å². The zero-order valence-electron chi connectivity index (χ0n) is 9.14. The van der Waals surface area contributed by atoms with Crippen LogP contribution in [0.3, 0.4) is 0 Å². The smallest absolute Gasteiger partial charge is 0.150 e. The zero-order chi connectivity index (χ0) is 12.1. The van der Waals surface area contributed by atoms with E-state index in [0.717, 1.165) is 0 Å². The third-order valence-corrected chi connectivity index (χ3v) is 2.38. The van der Waals surface area contributed by atoms with E-state index in [-0.39, 0.29) is 5.82 Å². The molecular weight excluding hydrogens is 223 g/mol. The Morgan fingerprint density at radius 3 is 2.71 bits per heavy atom. The first-order valence-electron chi connectivity index (χ1n) is 5.29. The molecule has 2 aromatic rings. The van der Waals surface area contributed by atoms with Gasteiger partial charge in [0.1, 0.15) is 11.6 Å². The molecule has 1 aromatic carbocycles. The van der Waals surface area contributed by atoms with Gasteiger partial charge in [0.25, 0.3) is 0 Å². The number of aliphatic hydroxyl groups is 1. The van der Waals surface area contributed by atoms with E-state index in [1.807, 2.05) is 0 Å². The summed E-state index contributed by atoms with van der Waals surface area (Å²) in [5.41, 5.74) is 0.677. The second-order valence-electron chi connectivity index (χ2n) is 3.68. The van der Waals surface area contributed by atoms with Gasteiger partial charge in [-0.3, -0.25) is 0 Å². The van der Waals surface area contributed by atoms with Gasteiger partial charge < -0.3 is 14.9 Å². The standard InChI is InChI=1S/C12H13FN2O2/c13-10-3-1-9(2-4-10)12(16)8-14-7-11-5-6-15-17-11/h1-6,12,14,16H,7-8H2. The number of benzene rings is 1. The summed E-state index contributed by atoms with van der Waals surface area (Å²) in [5.74, 6) is 0.395. The highest BCUT2D eigenvalue weighted by molar-refractivity contribution is 5.18. The fourth-order valence-electron chi connectivity index (χ4n) is 1.47. The van der Waals surface area contributed by atoms with Crippen LogP contribution in [0.4, 0.5) is 4.39 Å². The van der Waals surface area contributed by atoms with E-state index in [1.54, 1.807) is 24.4 Å². The van der Waals surface area contributed by atoms with Gasteiger partial charge in [-0.15, -0.1) is 0 Å². The maximum Gasteiger partial charge on any atom is 0.150 e. The van der Waals surface area contributed by atoms with Crippen molar-refractivity contribution in [2.45, 2.75) is 12.6 Å². The lowest BCUT2D eigenvalue weighted by molar-refractivity contribution is 0.173. The van der Waals surface area contributed by atoms with E-state index < -0.39 is 6.10 Å². The van der Waals surface area contributed by atoms with Gasteiger partial charge in [0.2, 0.25) is 0 Å². The fourth-order valence-corrected chi connectivity index (χ4v) is 1.47. The Morgan fingerprint density at radius 1 is 1.29 bits per heavy atom. The number of halogens is 1. The van der Waals surface area contributed by atoms with Crippen LogP contribution in [0.5, 0.6) is 0 Å². The molecule has 0 aliphatic rings. The number of nitrogens with one attached hydrogen (secondary N) is 1. The van der Waals surface area contributed by atoms with Gasteiger partial charge >= 0.3 is 0 Å². The van der Waals surface area contributed by atoms with Crippen molar-refractivity contribution in [3.05, 3.63) is 53.7 Å². The zero-order valence-corrected chi connectivity index (χ0v) is 9.14. The number of hydrogen-bond acceptors (Lipinski definition) is 4. The first-order chi connectivity index (χ1) is 8.25. The van der Waals surface area contributed by atoms with Crippen LogP contribution in [0.1, 0.15) is 17.4 Å². The number of aliphatic hydroxyl groups excluding tert-OH is 1. The molecule has 0 aliphatic heterocycles. The molecule has 1 atom stereocenters. The highest BCUT2D eigenvalue weighted by Crippen LogP contribution is 2.12. The molecule has 4 nitrogen and oxygen atoms in total. The topological polar surface area (TPSA) is 58.3 Å². The van der Waals surface area contributed by atoms with Crippen molar-refractivity contribution < 1.29 is 14.0 Å². The van der Waals surface area contributed by atoms with E-state index in [0.29, 0.717) is 24.4 Å². The lowest BCUT2D eigenvalue weighted by Gasteiger charge is -2.11. The summed E-state index contributed by atoms with van der Waals surface area (Å²) < 4.78 is 17.6. The summed E-state index contributed by atoms with van der Waals surface area (Å²) in [6, 6.07) is 7.54. The second-order valence-corrected chi connectivity index (χ2v) is 3.68. The van der Waals surface area contributed by atoms with Crippen LogP contribution < -0.4 is 5.32 Å².